The molecule has 2 bridgehead atoms. The Morgan fingerprint density at radius 3 is 2.50 bits per heavy atom. The molecule has 0 unspecified atom stereocenters. The van der Waals surface area contributed by atoms with Crippen molar-refractivity contribution >= 4 is 5.97 Å². The Morgan fingerprint density at radius 1 is 1.12 bits per heavy atom. The van der Waals surface area contributed by atoms with Crippen LogP contribution in [-0.2, 0) is 4.79 Å². The fraction of sp³-hybridized carbons (Fsp3) is 0.357. The van der Waals surface area contributed by atoms with Crippen molar-refractivity contribution < 1.29 is 9.90 Å². The molecule has 0 aromatic heterocycles. The smallest absolute Gasteiger partial charge is 0.307 e. The minimum atomic E-state index is -0.647. The molecule has 82 valence electrons. The van der Waals surface area contributed by atoms with Crippen LogP contribution in [0, 0.1) is 17.8 Å². The molecule has 1 N–H and O–H groups in total. The van der Waals surface area contributed by atoms with Gasteiger partial charge in [-0.05, 0) is 23.8 Å². The van der Waals surface area contributed by atoms with Gasteiger partial charge in [0.1, 0.15) is 0 Å². The highest BCUT2D eigenvalue weighted by molar-refractivity contribution is 5.73. The summed E-state index contributed by atoms with van der Waals surface area (Å²) in [5.74, 6) is -0.0296. The Balaban J connectivity index is 2.00. The van der Waals surface area contributed by atoms with Crippen LogP contribution in [0.5, 0.6) is 0 Å². The zero-order valence-electron chi connectivity index (χ0n) is 8.91. The number of carbonyl (C=O) groups is 1. The Hall–Kier alpha value is -1.57. The topological polar surface area (TPSA) is 37.3 Å². The maximum Gasteiger partial charge on any atom is 0.307 e. The maximum atomic E-state index is 11.3. The zero-order valence-corrected chi connectivity index (χ0v) is 8.91. The number of rotatable bonds is 2. The first-order chi connectivity index (χ1) is 7.77. The van der Waals surface area contributed by atoms with Gasteiger partial charge in [0.15, 0.2) is 0 Å². The lowest BCUT2D eigenvalue weighted by Gasteiger charge is -2.25. The van der Waals surface area contributed by atoms with Gasteiger partial charge in [-0.25, -0.2) is 0 Å². The predicted octanol–water partition coefficient (Wildman–Crippen LogP) is 2.68. The number of hydrogen-bond donors (Lipinski definition) is 1. The molecule has 0 aliphatic heterocycles. The summed E-state index contributed by atoms with van der Waals surface area (Å²) in [6.45, 7) is 0. The van der Waals surface area contributed by atoms with Crippen molar-refractivity contribution in [1.29, 1.82) is 0 Å². The van der Waals surface area contributed by atoms with Gasteiger partial charge in [-0.3, -0.25) is 4.79 Å². The van der Waals surface area contributed by atoms with Crippen molar-refractivity contribution in [1.82, 2.24) is 0 Å². The molecule has 1 aromatic rings. The molecule has 1 saturated carbocycles. The highest BCUT2D eigenvalue weighted by Crippen LogP contribution is 2.52. The van der Waals surface area contributed by atoms with E-state index in [0.29, 0.717) is 5.92 Å². The maximum absolute atomic E-state index is 11.3. The van der Waals surface area contributed by atoms with Gasteiger partial charge in [0.2, 0.25) is 0 Å². The molecule has 0 heterocycles. The second kappa shape index (κ2) is 3.48. The van der Waals surface area contributed by atoms with E-state index in [2.05, 4.69) is 24.3 Å². The molecule has 2 heteroatoms. The fourth-order valence-corrected chi connectivity index (χ4v) is 3.29. The Kier molecular flexibility index (Phi) is 2.10. The molecule has 2 aliphatic carbocycles. The fourth-order valence-electron chi connectivity index (χ4n) is 3.29. The normalized spacial score (nSPS) is 35.5. The van der Waals surface area contributed by atoms with Crippen LogP contribution in [0.1, 0.15) is 17.9 Å². The van der Waals surface area contributed by atoms with E-state index in [-0.39, 0.29) is 17.8 Å². The molecule has 0 amide bonds. The van der Waals surface area contributed by atoms with Crippen LogP contribution >= 0.6 is 0 Å². The highest BCUT2D eigenvalue weighted by Gasteiger charge is 2.48. The number of carboxylic acids is 1. The van der Waals surface area contributed by atoms with Crippen molar-refractivity contribution in [2.45, 2.75) is 12.3 Å². The van der Waals surface area contributed by atoms with Gasteiger partial charge in [0.25, 0.3) is 0 Å². The third-order valence-corrected chi connectivity index (χ3v) is 3.93. The minimum Gasteiger partial charge on any atom is -0.481 e. The molecule has 4 atom stereocenters. The van der Waals surface area contributed by atoms with Gasteiger partial charge in [0, 0.05) is 5.92 Å². The largest absolute Gasteiger partial charge is 0.481 e. The summed E-state index contributed by atoms with van der Waals surface area (Å²) in [5, 5.41) is 9.33. The van der Waals surface area contributed by atoms with Crippen molar-refractivity contribution in [3.8, 4) is 0 Å². The predicted molar refractivity (Wildman–Crippen MR) is 61.0 cm³/mol. The number of aliphatic carboxylic acids is 1. The second-order valence-corrected chi connectivity index (χ2v) is 4.75. The van der Waals surface area contributed by atoms with Crippen LogP contribution in [0.3, 0.4) is 0 Å². The lowest BCUT2D eigenvalue weighted by molar-refractivity contribution is -0.143. The SMILES string of the molecule is O=C(O)[C@H]1[C@H](c2ccccc2)[C@H]2C=C[C@@H]1C2. The number of benzene rings is 1. The Labute approximate surface area is 94.6 Å². The molecule has 2 aliphatic rings. The van der Waals surface area contributed by atoms with E-state index in [0.717, 1.165) is 6.42 Å². The summed E-state index contributed by atoms with van der Waals surface area (Å²) in [7, 11) is 0. The van der Waals surface area contributed by atoms with Gasteiger partial charge < -0.3 is 5.11 Å². The quantitative estimate of drug-likeness (QED) is 0.768. The summed E-state index contributed by atoms with van der Waals surface area (Å²) in [5.41, 5.74) is 1.17. The van der Waals surface area contributed by atoms with Gasteiger partial charge in [-0.15, -0.1) is 0 Å². The van der Waals surface area contributed by atoms with Crippen LogP contribution in [0.4, 0.5) is 0 Å². The van der Waals surface area contributed by atoms with E-state index < -0.39 is 5.97 Å². The molecule has 1 fully saturated rings. The van der Waals surface area contributed by atoms with Gasteiger partial charge in [-0.1, -0.05) is 42.5 Å². The van der Waals surface area contributed by atoms with Crippen LogP contribution in [0.25, 0.3) is 0 Å². The first-order valence-corrected chi connectivity index (χ1v) is 5.73. The highest BCUT2D eigenvalue weighted by atomic mass is 16.4. The van der Waals surface area contributed by atoms with Crippen LogP contribution in [0.2, 0.25) is 0 Å². The van der Waals surface area contributed by atoms with E-state index >= 15 is 0 Å². The first kappa shape index (κ1) is 9.64. The van der Waals surface area contributed by atoms with E-state index in [4.69, 9.17) is 0 Å². The van der Waals surface area contributed by atoms with Gasteiger partial charge in [0.05, 0.1) is 5.92 Å². The van der Waals surface area contributed by atoms with Gasteiger partial charge in [-0.2, -0.15) is 0 Å². The van der Waals surface area contributed by atoms with E-state index in [1.54, 1.807) is 0 Å². The van der Waals surface area contributed by atoms with Crippen molar-refractivity contribution in [3.63, 3.8) is 0 Å². The molecule has 0 spiro atoms. The average molecular weight is 214 g/mol. The van der Waals surface area contributed by atoms with Gasteiger partial charge >= 0.3 is 5.97 Å². The van der Waals surface area contributed by atoms with E-state index in [1.807, 2.05) is 18.2 Å². The molecule has 2 nitrogen and oxygen atoms in total. The van der Waals surface area contributed by atoms with E-state index in [1.165, 1.54) is 5.56 Å². The monoisotopic (exact) mass is 214 g/mol. The summed E-state index contributed by atoms with van der Waals surface area (Å²) < 4.78 is 0. The van der Waals surface area contributed by atoms with Crippen LogP contribution < -0.4 is 0 Å². The third-order valence-electron chi connectivity index (χ3n) is 3.93. The molecule has 0 saturated heterocycles. The number of carboxylic acid groups (broad SMARTS) is 1. The summed E-state index contributed by atoms with van der Waals surface area (Å²) in [4.78, 5) is 11.3. The van der Waals surface area contributed by atoms with E-state index in [9.17, 15) is 9.90 Å². The van der Waals surface area contributed by atoms with Crippen molar-refractivity contribution in [3.05, 3.63) is 48.0 Å². The zero-order chi connectivity index (χ0) is 11.1. The molecule has 0 radical (unpaired) electrons. The molecule has 16 heavy (non-hydrogen) atoms. The number of fused-ring (bicyclic) bond motifs is 2. The third kappa shape index (κ3) is 1.29. The van der Waals surface area contributed by atoms with Crippen LogP contribution in [0.15, 0.2) is 42.5 Å². The standard InChI is InChI=1S/C14H14O2/c15-14(16)13-11-7-6-10(8-11)12(13)9-4-2-1-3-5-9/h1-7,10-13H,8H2,(H,15,16)/t10-,11+,12+,13+/m0/s1. The average Bonchev–Trinajstić information content (AvgIpc) is 2.89. The first-order valence-electron chi connectivity index (χ1n) is 5.73. The summed E-state index contributed by atoms with van der Waals surface area (Å²) in [6, 6.07) is 10.1. The second-order valence-electron chi connectivity index (χ2n) is 4.75. The Bertz CT molecular complexity index is 435. The lowest BCUT2D eigenvalue weighted by Crippen LogP contribution is -2.25. The summed E-state index contributed by atoms with van der Waals surface area (Å²) >= 11 is 0. The van der Waals surface area contributed by atoms with Crippen molar-refractivity contribution in [2.75, 3.05) is 0 Å². The lowest BCUT2D eigenvalue weighted by atomic mass is 9.78. The number of hydrogen-bond acceptors (Lipinski definition) is 1. The molecular weight excluding hydrogens is 200 g/mol. The molecule has 1 aromatic carbocycles. The molecular formula is C14H14O2. The molecule has 3 rings (SSSR count). The summed E-state index contributed by atoms with van der Waals surface area (Å²) in [6.07, 6.45) is 5.29. The Morgan fingerprint density at radius 2 is 1.81 bits per heavy atom. The minimum absolute atomic E-state index is 0.175. The van der Waals surface area contributed by atoms with Crippen molar-refractivity contribution in [2.24, 2.45) is 17.8 Å². The van der Waals surface area contributed by atoms with Crippen LogP contribution in [-0.4, -0.2) is 11.1 Å². The number of allylic oxidation sites excluding steroid dienone is 2.